The van der Waals surface area contributed by atoms with Crippen LogP contribution in [-0.4, -0.2) is 43.5 Å². The fraction of sp³-hybridized carbons (Fsp3) is 0.684. The highest BCUT2D eigenvalue weighted by Crippen LogP contribution is 2.06. The lowest BCUT2D eigenvalue weighted by Gasteiger charge is -2.18. The number of unbranched alkanes of at least 4 members (excludes halogenated alkanes) is 4. The van der Waals surface area contributed by atoms with Gasteiger partial charge in [-0.2, -0.15) is 0 Å². The molecule has 0 amide bonds. The molecule has 0 aliphatic heterocycles. The first-order chi connectivity index (χ1) is 11.8. The molecule has 0 aliphatic rings. The van der Waals surface area contributed by atoms with E-state index in [4.69, 9.17) is 14.2 Å². The summed E-state index contributed by atoms with van der Waals surface area (Å²) in [7, 11) is 0. The minimum atomic E-state index is -0.381. The van der Waals surface area contributed by atoms with E-state index in [-0.39, 0.29) is 12.1 Å². The molecule has 0 saturated carbocycles. The first-order valence-corrected chi connectivity index (χ1v) is 9.04. The van der Waals surface area contributed by atoms with Gasteiger partial charge in [-0.05, 0) is 25.0 Å². The normalized spacial score (nSPS) is 11.0. The number of carbonyl (C=O) groups excluding carboxylic acids is 1. The van der Waals surface area contributed by atoms with Crippen molar-refractivity contribution in [3.63, 3.8) is 0 Å². The Morgan fingerprint density at radius 1 is 0.958 bits per heavy atom. The molecule has 0 spiro atoms. The maximum Gasteiger partial charge on any atom is 0.338 e. The molecule has 0 N–H and O–H groups in total. The molecular weight excluding hydrogens is 306 g/mol. The minimum Gasteiger partial charge on any atom is -0.454 e. The van der Waals surface area contributed by atoms with E-state index in [1.807, 2.05) is 0 Å². The van der Waals surface area contributed by atoms with Crippen molar-refractivity contribution in [1.29, 1.82) is 0 Å². The third-order valence-electron chi connectivity index (χ3n) is 3.58. The van der Waals surface area contributed by atoms with Gasteiger partial charge in [-0.1, -0.05) is 39.5 Å². The zero-order valence-corrected chi connectivity index (χ0v) is 15.0. The van der Waals surface area contributed by atoms with Gasteiger partial charge in [0, 0.05) is 25.6 Å². The fourth-order valence-electron chi connectivity index (χ4n) is 2.16. The number of rotatable bonds is 14. The maximum atomic E-state index is 12.2. The SMILES string of the molecule is CCCCCOCC(COCCCCC)OC(=O)c1ccncc1. The van der Waals surface area contributed by atoms with Crippen molar-refractivity contribution in [3.8, 4) is 0 Å². The molecule has 5 heteroatoms. The van der Waals surface area contributed by atoms with Gasteiger partial charge >= 0.3 is 5.97 Å². The summed E-state index contributed by atoms with van der Waals surface area (Å²) in [6.45, 7) is 6.43. The van der Waals surface area contributed by atoms with E-state index in [1.54, 1.807) is 24.5 Å². The smallest absolute Gasteiger partial charge is 0.338 e. The fourth-order valence-corrected chi connectivity index (χ4v) is 2.16. The van der Waals surface area contributed by atoms with Crippen LogP contribution in [0.4, 0.5) is 0 Å². The van der Waals surface area contributed by atoms with Crippen LogP contribution in [-0.2, 0) is 14.2 Å². The highest BCUT2D eigenvalue weighted by atomic mass is 16.6. The van der Waals surface area contributed by atoms with Crippen LogP contribution in [0.3, 0.4) is 0 Å². The van der Waals surface area contributed by atoms with Gasteiger partial charge in [0.1, 0.15) is 6.10 Å². The molecule has 0 radical (unpaired) electrons. The number of hydrogen-bond acceptors (Lipinski definition) is 5. The monoisotopic (exact) mass is 337 g/mol. The molecule has 0 atom stereocenters. The van der Waals surface area contributed by atoms with Crippen LogP contribution in [0.15, 0.2) is 24.5 Å². The van der Waals surface area contributed by atoms with Crippen LogP contribution in [0.5, 0.6) is 0 Å². The molecule has 0 fully saturated rings. The largest absolute Gasteiger partial charge is 0.454 e. The van der Waals surface area contributed by atoms with Crippen LogP contribution in [0.1, 0.15) is 62.7 Å². The lowest BCUT2D eigenvalue weighted by molar-refractivity contribution is -0.0407. The lowest BCUT2D eigenvalue weighted by atomic mass is 10.2. The van der Waals surface area contributed by atoms with Crippen LogP contribution in [0.2, 0.25) is 0 Å². The Bertz CT molecular complexity index is 411. The van der Waals surface area contributed by atoms with Gasteiger partial charge in [-0.15, -0.1) is 0 Å². The molecule has 24 heavy (non-hydrogen) atoms. The summed E-state index contributed by atoms with van der Waals surface area (Å²) in [5.41, 5.74) is 0.493. The standard InChI is InChI=1S/C19H31NO4/c1-3-5-7-13-22-15-18(16-23-14-8-6-4-2)24-19(21)17-9-11-20-12-10-17/h9-12,18H,3-8,13-16H2,1-2H3. The number of pyridine rings is 1. The van der Waals surface area contributed by atoms with Crippen LogP contribution in [0, 0.1) is 0 Å². The summed E-state index contributed by atoms with van der Waals surface area (Å²) >= 11 is 0. The van der Waals surface area contributed by atoms with Gasteiger partial charge in [0.25, 0.3) is 0 Å². The van der Waals surface area contributed by atoms with Crippen molar-refractivity contribution in [3.05, 3.63) is 30.1 Å². The molecule has 0 unspecified atom stereocenters. The van der Waals surface area contributed by atoms with Gasteiger partial charge in [0.15, 0.2) is 0 Å². The number of ether oxygens (including phenoxy) is 3. The van der Waals surface area contributed by atoms with Crippen molar-refractivity contribution in [2.45, 2.75) is 58.5 Å². The first-order valence-electron chi connectivity index (χ1n) is 9.04. The van der Waals surface area contributed by atoms with Gasteiger partial charge in [0.05, 0.1) is 18.8 Å². The second-order valence-corrected chi connectivity index (χ2v) is 5.83. The van der Waals surface area contributed by atoms with Crippen LogP contribution >= 0.6 is 0 Å². The molecular formula is C19H31NO4. The first kappa shape index (κ1) is 20.6. The highest BCUT2D eigenvalue weighted by molar-refractivity contribution is 5.89. The summed E-state index contributed by atoms with van der Waals surface area (Å²) in [4.78, 5) is 16.1. The van der Waals surface area contributed by atoms with Crippen molar-refractivity contribution in [2.24, 2.45) is 0 Å². The highest BCUT2D eigenvalue weighted by Gasteiger charge is 2.16. The van der Waals surface area contributed by atoms with E-state index >= 15 is 0 Å². The molecule has 1 aromatic heterocycles. The van der Waals surface area contributed by atoms with E-state index in [0.29, 0.717) is 32.0 Å². The van der Waals surface area contributed by atoms with E-state index in [2.05, 4.69) is 18.8 Å². The van der Waals surface area contributed by atoms with Gasteiger partial charge in [0.2, 0.25) is 0 Å². The zero-order chi connectivity index (χ0) is 17.5. The topological polar surface area (TPSA) is 57.7 Å². The van der Waals surface area contributed by atoms with E-state index in [1.165, 1.54) is 0 Å². The second kappa shape index (κ2) is 13.9. The summed E-state index contributed by atoms with van der Waals surface area (Å²) in [6, 6.07) is 3.28. The molecule has 0 bridgehead atoms. The Hall–Kier alpha value is -1.46. The number of carbonyl (C=O) groups is 1. The number of esters is 1. The molecule has 0 saturated heterocycles. The third-order valence-corrected chi connectivity index (χ3v) is 3.58. The van der Waals surface area contributed by atoms with Gasteiger partial charge in [-0.25, -0.2) is 4.79 Å². The van der Waals surface area contributed by atoms with Crippen LogP contribution in [0.25, 0.3) is 0 Å². The van der Waals surface area contributed by atoms with Gasteiger partial charge < -0.3 is 14.2 Å². The van der Waals surface area contributed by atoms with E-state index in [0.717, 1.165) is 38.5 Å². The van der Waals surface area contributed by atoms with Crippen molar-refractivity contribution >= 4 is 5.97 Å². The lowest BCUT2D eigenvalue weighted by Crippen LogP contribution is -2.29. The summed E-state index contributed by atoms with van der Waals surface area (Å²) in [5.74, 6) is -0.364. The summed E-state index contributed by atoms with van der Waals surface area (Å²) in [5, 5.41) is 0. The average molecular weight is 337 g/mol. The zero-order valence-electron chi connectivity index (χ0n) is 15.0. The van der Waals surface area contributed by atoms with Crippen molar-refractivity contribution in [1.82, 2.24) is 4.98 Å². The van der Waals surface area contributed by atoms with E-state index in [9.17, 15) is 4.79 Å². The molecule has 1 rings (SSSR count). The molecule has 136 valence electrons. The number of aromatic nitrogens is 1. The van der Waals surface area contributed by atoms with Crippen LogP contribution < -0.4 is 0 Å². The minimum absolute atomic E-state index is 0.364. The summed E-state index contributed by atoms with van der Waals surface area (Å²) in [6.07, 6.45) is 9.44. The molecule has 0 aromatic carbocycles. The second-order valence-electron chi connectivity index (χ2n) is 5.83. The van der Waals surface area contributed by atoms with Crippen molar-refractivity contribution in [2.75, 3.05) is 26.4 Å². The Morgan fingerprint density at radius 2 is 1.50 bits per heavy atom. The molecule has 1 aromatic rings. The predicted octanol–water partition coefficient (Wildman–Crippen LogP) is 4.02. The predicted molar refractivity (Wildman–Crippen MR) is 94.1 cm³/mol. The quantitative estimate of drug-likeness (QED) is 0.379. The molecule has 0 aliphatic carbocycles. The molecule has 5 nitrogen and oxygen atoms in total. The van der Waals surface area contributed by atoms with Crippen molar-refractivity contribution < 1.29 is 19.0 Å². The Morgan fingerprint density at radius 3 is 2.00 bits per heavy atom. The Kier molecular flexibility index (Phi) is 11.9. The third kappa shape index (κ3) is 9.63. The summed E-state index contributed by atoms with van der Waals surface area (Å²) < 4.78 is 16.8. The Balaban J connectivity index is 2.39. The Labute approximate surface area is 145 Å². The number of nitrogens with zero attached hydrogens (tertiary/aromatic N) is 1. The molecule has 1 heterocycles. The van der Waals surface area contributed by atoms with Gasteiger partial charge in [-0.3, -0.25) is 4.98 Å². The van der Waals surface area contributed by atoms with E-state index < -0.39 is 0 Å². The average Bonchev–Trinajstić information content (AvgIpc) is 2.61. The maximum absolute atomic E-state index is 12.2. The number of hydrogen-bond donors (Lipinski definition) is 0.